The predicted octanol–water partition coefficient (Wildman–Crippen LogP) is 1.60. The van der Waals surface area contributed by atoms with Crippen molar-refractivity contribution in [3.63, 3.8) is 0 Å². The van der Waals surface area contributed by atoms with Gasteiger partial charge in [-0.1, -0.05) is 6.07 Å². The lowest BCUT2D eigenvalue weighted by Crippen LogP contribution is -2.20. The van der Waals surface area contributed by atoms with E-state index in [0.717, 1.165) is 17.7 Å². The predicted molar refractivity (Wildman–Crippen MR) is 93.6 cm³/mol. The highest BCUT2D eigenvalue weighted by Crippen LogP contribution is 2.17. The topological polar surface area (TPSA) is 89.9 Å². The maximum absolute atomic E-state index is 14.2. The molecule has 1 aromatic carbocycles. The third-order valence-electron chi connectivity index (χ3n) is 3.77. The quantitative estimate of drug-likeness (QED) is 0.680. The third kappa shape index (κ3) is 4.70. The normalized spacial score (nSPS) is 11.1. The molecule has 2 heterocycles. The van der Waals surface area contributed by atoms with Crippen molar-refractivity contribution in [2.45, 2.75) is 19.5 Å². The van der Waals surface area contributed by atoms with Gasteiger partial charge >= 0.3 is 0 Å². The van der Waals surface area contributed by atoms with Crippen LogP contribution in [0.2, 0.25) is 0 Å². The number of carbonyl (C=O) groups is 1. The van der Waals surface area contributed by atoms with E-state index in [4.69, 9.17) is 5.73 Å². The highest BCUT2D eigenvalue weighted by atomic mass is 19.1. The first-order chi connectivity index (χ1) is 12.9. The minimum atomic E-state index is -0.776. The Hall–Kier alpha value is -3.20. The van der Waals surface area contributed by atoms with Crippen LogP contribution in [0.4, 0.5) is 8.78 Å². The van der Waals surface area contributed by atoms with Gasteiger partial charge in [0.2, 0.25) is 5.91 Å². The van der Waals surface area contributed by atoms with Gasteiger partial charge in [0, 0.05) is 25.0 Å². The van der Waals surface area contributed by atoms with E-state index in [1.54, 1.807) is 12.4 Å². The molecule has 27 heavy (non-hydrogen) atoms. The van der Waals surface area contributed by atoms with E-state index in [1.165, 1.54) is 10.7 Å². The van der Waals surface area contributed by atoms with Crippen LogP contribution in [0.15, 0.2) is 42.7 Å². The average Bonchev–Trinajstić information content (AvgIpc) is 2.96. The van der Waals surface area contributed by atoms with Crippen molar-refractivity contribution in [1.29, 1.82) is 0 Å². The first-order valence-corrected chi connectivity index (χ1v) is 8.18. The largest absolute Gasteiger partial charge is 0.369 e. The number of nitrogens with two attached hydrogens (primary N) is 1. The van der Waals surface area contributed by atoms with Crippen molar-refractivity contribution in [2.75, 3.05) is 7.05 Å². The zero-order valence-corrected chi connectivity index (χ0v) is 14.6. The summed E-state index contributed by atoms with van der Waals surface area (Å²) in [5, 5.41) is 4.17. The summed E-state index contributed by atoms with van der Waals surface area (Å²) >= 11 is 0. The number of hydrogen-bond acceptors (Lipinski definition) is 5. The molecule has 2 N–H and O–H groups in total. The molecule has 0 fully saturated rings. The Morgan fingerprint density at radius 3 is 2.74 bits per heavy atom. The van der Waals surface area contributed by atoms with Gasteiger partial charge in [-0.3, -0.25) is 14.7 Å². The van der Waals surface area contributed by atoms with Gasteiger partial charge in [-0.05, 0) is 30.8 Å². The van der Waals surface area contributed by atoms with E-state index in [9.17, 15) is 13.6 Å². The van der Waals surface area contributed by atoms with Crippen molar-refractivity contribution in [3.05, 3.63) is 71.6 Å². The lowest BCUT2D eigenvalue weighted by Gasteiger charge is -2.16. The molecular weight excluding hydrogens is 354 g/mol. The molecule has 3 aromatic rings. The smallest absolute Gasteiger partial charge is 0.225 e. The van der Waals surface area contributed by atoms with Crippen LogP contribution < -0.4 is 5.73 Å². The molecule has 0 bridgehead atoms. The number of primary amides is 1. The summed E-state index contributed by atoms with van der Waals surface area (Å²) < 4.78 is 28.7. The number of carbonyl (C=O) groups excluding carboxylic acids is 1. The number of aromatic nitrogens is 4. The molecule has 2 aromatic heterocycles. The Morgan fingerprint density at radius 2 is 2.07 bits per heavy atom. The van der Waals surface area contributed by atoms with Crippen molar-refractivity contribution in [2.24, 2.45) is 5.73 Å². The summed E-state index contributed by atoms with van der Waals surface area (Å²) in [6, 6.07) is 6.96. The maximum atomic E-state index is 14.2. The molecule has 0 radical (unpaired) electrons. The minimum Gasteiger partial charge on any atom is -0.369 e. The van der Waals surface area contributed by atoms with Crippen LogP contribution in [0.25, 0.3) is 5.69 Å². The Balaban J connectivity index is 1.90. The molecular formula is C18H18F2N6O. The lowest BCUT2D eigenvalue weighted by atomic mass is 10.2. The zero-order valence-electron chi connectivity index (χ0n) is 14.6. The molecule has 0 spiro atoms. The number of nitrogens with zero attached hydrogens (tertiary/aromatic N) is 5. The molecule has 0 aliphatic heterocycles. The molecule has 0 atom stereocenters. The Kier molecular flexibility index (Phi) is 5.51. The molecule has 0 aliphatic carbocycles. The molecule has 0 saturated carbocycles. The first-order valence-electron chi connectivity index (χ1n) is 8.18. The summed E-state index contributed by atoms with van der Waals surface area (Å²) in [4.78, 5) is 21.5. The van der Waals surface area contributed by atoms with E-state index in [0.29, 0.717) is 18.9 Å². The number of pyridine rings is 1. The van der Waals surface area contributed by atoms with E-state index in [-0.39, 0.29) is 17.9 Å². The van der Waals surface area contributed by atoms with Gasteiger partial charge < -0.3 is 5.73 Å². The van der Waals surface area contributed by atoms with E-state index in [2.05, 4.69) is 15.1 Å². The molecule has 0 saturated heterocycles. The zero-order chi connectivity index (χ0) is 19.4. The fourth-order valence-corrected chi connectivity index (χ4v) is 2.67. The van der Waals surface area contributed by atoms with Gasteiger partial charge in [-0.2, -0.15) is 5.10 Å². The maximum Gasteiger partial charge on any atom is 0.225 e. The second-order valence-electron chi connectivity index (χ2n) is 6.13. The fraction of sp³-hybridized carbons (Fsp3) is 0.222. The average molecular weight is 372 g/mol. The SMILES string of the molecule is CN(Cc1cccnc1)Cc1nc(CC(N)=O)nn1-c1ccc(F)cc1F. The van der Waals surface area contributed by atoms with Crippen molar-refractivity contribution >= 4 is 5.91 Å². The summed E-state index contributed by atoms with van der Waals surface area (Å²) in [5.41, 5.74) is 6.25. The minimum absolute atomic E-state index is 0.0457. The van der Waals surface area contributed by atoms with E-state index in [1.807, 2.05) is 24.1 Å². The van der Waals surface area contributed by atoms with Crippen molar-refractivity contribution < 1.29 is 13.6 Å². The fourth-order valence-electron chi connectivity index (χ4n) is 2.67. The first kappa shape index (κ1) is 18.6. The summed E-state index contributed by atoms with van der Waals surface area (Å²) in [6.45, 7) is 0.898. The van der Waals surface area contributed by atoms with Crippen LogP contribution >= 0.6 is 0 Å². The van der Waals surface area contributed by atoms with Gasteiger partial charge in [0.15, 0.2) is 11.6 Å². The van der Waals surface area contributed by atoms with Crippen LogP contribution in [-0.2, 0) is 24.3 Å². The monoisotopic (exact) mass is 372 g/mol. The van der Waals surface area contributed by atoms with Gasteiger partial charge in [0.1, 0.15) is 17.3 Å². The Labute approximate surface area is 154 Å². The molecule has 0 aliphatic rings. The van der Waals surface area contributed by atoms with Crippen LogP contribution in [0, 0.1) is 11.6 Å². The molecule has 7 nitrogen and oxygen atoms in total. The molecule has 9 heteroatoms. The summed E-state index contributed by atoms with van der Waals surface area (Å²) in [5.74, 6) is -1.48. The molecule has 3 rings (SSSR count). The van der Waals surface area contributed by atoms with Crippen molar-refractivity contribution in [3.8, 4) is 5.69 Å². The number of halogens is 2. The molecule has 140 valence electrons. The van der Waals surface area contributed by atoms with Crippen LogP contribution in [-0.4, -0.2) is 37.6 Å². The van der Waals surface area contributed by atoms with Gasteiger partial charge in [-0.15, -0.1) is 0 Å². The van der Waals surface area contributed by atoms with Crippen LogP contribution in [0.3, 0.4) is 0 Å². The summed E-state index contributed by atoms with van der Waals surface area (Å²) in [7, 11) is 1.86. The number of rotatable bonds is 7. The lowest BCUT2D eigenvalue weighted by molar-refractivity contribution is -0.117. The van der Waals surface area contributed by atoms with E-state index < -0.39 is 17.5 Å². The van der Waals surface area contributed by atoms with Gasteiger partial charge in [0.05, 0.1) is 13.0 Å². The number of benzene rings is 1. The van der Waals surface area contributed by atoms with E-state index >= 15 is 0 Å². The van der Waals surface area contributed by atoms with Gasteiger partial charge in [-0.25, -0.2) is 18.4 Å². The third-order valence-corrected chi connectivity index (χ3v) is 3.77. The molecule has 1 amide bonds. The Morgan fingerprint density at radius 1 is 1.26 bits per heavy atom. The second kappa shape index (κ2) is 8.00. The standard InChI is InChI=1S/C18H18F2N6O/c1-25(10-12-3-2-6-22-9-12)11-18-23-17(8-16(21)27)24-26(18)15-5-4-13(19)7-14(15)20/h2-7,9H,8,10-11H2,1H3,(H2,21,27). The molecule has 0 unspecified atom stereocenters. The highest BCUT2D eigenvalue weighted by Gasteiger charge is 2.18. The van der Waals surface area contributed by atoms with Crippen molar-refractivity contribution in [1.82, 2.24) is 24.6 Å². The number of amides is 1. The summed E-state index contributed by atoms with van der Waals surface area (Å²) in [6.07, 6.45) is 3.27. The second-order valence-corrected chi connectivity index (χ2v) is 6.13. The van der Waals surface area contributed by atoms with Gasteiger partial charge in [0.25, 0.3) is 0 Å². The van der Waals surface area contributed by atoms with Crippen LogP contribution in [0.5, 0.6) is 0 Å². The number of hydrogen-bond donors (Lipinski definition) is 1. The Bertz CT molecular complexity index is 944. The highest BCUT2D eigenvalue weighted by molar-refractivity contribution is 5.75. The van der Waals surface area contributed by atoms with Crippen LogP contribution in [0.1, 0.15) is 17.2 Å².